The fourth-order valence-electron chi connectivity index (χ4n) is 1.37. The summed E-state index contributed by atoms with van der Waals surface area (Å²) in [5.41, 5.74) is 1.26. The van der Waals surface area contributed by atoms with Gasteiger partial charge in [0.2, 0.25) is 5.89 Å². The molecule has 0 unspecified atom stereocenters. The van der Waals surface area contributed by atoms with Crippen LogP contribution in [0.25, 0.3) is 0 Å². The molecule has 0 aliphatic rings. The standard InChI is InChI=1S/C11H9ClN4O/c12-9-1-2-10(8(5-9)6-13)14-4-3-11-15-7-16-17-11/h1-2,5,7,14H,3-4H2. The van der Waals surface area contributed by atoms with Gasteiger partial charge in [-0.2, -0.15) is 10.2 Å². The van der Waals surface area contributed by atoms with E-state index in [0.29, 0.717) is 29.4 Å². The molecule has 1 aromatic heterocycles. The molecule has 17 heavy (non-hydrogen) atoms. The monoisotopic (exact) mass is 248 g/mol. The molecule has 6 heteroatoms. The van der Waals surface area contributed by atoms with Crippen LogP contribution in [-0.4, -0.2) is 16.7 Å². The van der Waals surface area contributed by atoms with Crippen molar-refractivity contribution >= 4 is 17.3 Å². The number of halogens is 1. The van der Waals surface area contributed by atoms with Crippen LogP contribution in [0.1, 0.15) is 11.5 Å². The molecule has 0 amide bonds. The van der Waals surface area contributed by atoms with Crippen LogP contribution < -0.4 is 5.32 Å². The highest BCUT2D eigenvalue weighted by Gasteiger charge is 2.03. The molecule has 0 spiro atoms. The highest BCUT2D eigenvalue weighted by atomic mass is 35.5. The Morgan fingerprint density at radius 1 is 1.47 bits per heavy atom. The predicted octanol–water partition coefficient (Wildman–Crippen LogP) is 2.25. The van der Waals surface area contributed by atoms with Crippen LogP contribution in [0.2, 0.25) is 5.02 Å². The van der Waals surface area contributed by atoms with Crippen LogP contribution in [0.3, 0.4) is 0 Å². The highest BCUT2D eigenvalue weighted by Crippen LogP contribution is 2.19. The van der Waals surface area contributed by atoms with E-state index in [0.717, 1.165) is 5.69 Å². The first-order chi connectivity index (χ1) is 8.29. The zero-order chi connectivity index (χ0) is 12.1. The Hall–Kier alpha value is -2.06. The average molecular weight is 249 g/mol. The van der Waals surface area contributed by atoms with E-state index in [1.807, 2.05) is 0 Å². The number of nitriles is 1. The largest absolute Gasteiger partial charge is 0.383 e. The number of aromatic nitrogens is 2. The summed E-state index contributed by atoms with van der Waals surface area (Å²) in [6, 6.07) is 7.21. The normalized spacial score (nSPS) is 9.88. The maximum absolute atomic E-state index is 8.94. The van der Waals surface area contributed by atoms with Gasteiger partial charge >= 0.3 is 0 Å². The molecule has 5 nitrogen and oxygen atoms in total. The van der Waals surface area contributed by atoms with Crippen molar-refractivity contribution < 1.29 is 4.52 Å². The van der Waals surface area contributed by atoms with E-state index in [2.05, 4.69) is 21.5 Å². The summed E-state index contributed by atoms with van der Waals surface area (Å²) in [4.78, 5) is 3.90. The van der Waals surface area contributed by atoms with Crippen molar-refractivity contribution in [2.75, 3.05) is 11.9 Å². The van der Waals surface area contributed by atoms with Crippen LogP contribution in [0.5, 0.6) is 0 Å². The lowest BCUT2D eigenvalue weighted by atomic mass is 10.2. The zero-order valence-corrected chi connectivity index (χ0v) is 9.61. The van der Waals surface area contributed by atoms with Crippen molar-refractivity contribution in [1.29, 1.82) is 5.26 Å². The lowest BCUT2D eigenvalue weighted by molar-refractivity contribution is 0.380. The van der Waals surface area contributed by atoms with Gasteiger partial charge in [-0.15, -0.1) is 0 Å². The number of nitrogens with zero attached hydrogens (tertiary/aromatic N) is 3. The summed E-state index contributed by atoms with van der Waals surface area (Å²) in [5, 5.41) is 16.1. The fourth-order valence-corrected chi connectivity index (χ4v) is 1.55. The molecule has 2 aromatic rings. The second-order valence-electron chi connectivity index (χ2n) is 3.31. The lowest BCUT2D eigenvalue weighted by Gasteiger charge is -2.06. The number of hydrogen-bond acceptors (Lipinski definition) is 5. The van der Waals surface area contributed by atoms with E-state index >= 15 is 0 Å². The third kappa shape index (κ3) is 2.95. The Morgan fingerprint density at radius 3 is 3.06 bits per heavy atom. The van der Waals surface area contributed by atoms with Gasteiger partial charge in [0.25, 0.3) is 0 Å². The van der Waals surface area contributed by atoms with Crippen LogP contribution in [-0.2, 0) is 6.42 Å². The van der Waals surface area contributed by atoms with E-state index < -0.39 is 0 Å². The smallest absolute Gasteiger partial charge is 0.228 e. The van der Waals surface area contributed by atoms with E-state index in [1.165, 1.54) is 6.33 Å². The van der Waals surface area contributed by atoms with Gasteiger partial charge in [-0.3, -0.25) is 0 Å². The van der Waals surface area contributed by atoms with Gasteiger partial charge in [0, 0.05) is 18.0 Å². The highest BCUT2D eigenvalue weighted by molar-refractivity contribution is 6.30. The molecular formula is C11H9ClN4O. The quantitative estimate of drug-likeness (QED) is 0.898. The van der Waals surface area contributed by atoms with Crippen molar-refractivity contribution in [1.82, 2.24) is 10.1 Å². The first kappa shape index (κ1) is 11.4. The Bertz CT molecular complexity index is 533. The second kappa shape index (κ2) is 5.32. The Balaban J connectivity index is 1.97. The minimum atomic E-state index is 0.517. The number of anilines is 1. The van der Waals surface area contributed by atoms with Crippen LogP contribution in [0.4, 0.5) is 5.69 Å². The minimum absolute atomic E-state index is 0.517. The zero-order valence-electron chi connectivity index (χ0n) is 8.85. The van der Waals surface area contributed by atoms with Crippen LogP contribution >= 0.6 is 11.6 Å². The summed E-state index contributed by atoms with van der Waals surface area (Å²) in [5.74, 6) is 0.560. The van der Waals surface area contributed by atoms with Gasteiger partial charge < -0.3 is 9.84 Å². The number of rotatable bonds is 4. The molecule has 0 saturated carbocycles. The molecule has 2 rings (SSSR count). The van der Waals surface area contributed by atoms with E-state index in [9.17, 15) is 0 Å². The molecule has 0 fully saturated rings. The summed E-state index contributed by atoms with van der Waals surface area (Å²) in [6.07, 6.45) is 1.96. The maximum Gasteiger partial charge on any atom is 0.228 e. The number of hydrogen-bond donors (Lipinski definition) is 1. The van der Waals surface area contributed by atoms with Crippen molar-refractivity contribution in [3.05, 3.63) is 41.0 Å². The van der Waals surface area contributed by atoms with E-state index in [4.69, 9.17) is 21.4 Å². The Labute approximate surface area is 103 Å². The summed E-state index contributed by atoms with van der Waals surface area (Å²) >= 11 is 5.80. The van der Waals surface area contributed by atoms with E-state index in [-0.39, 0.29) is 0 Å². The van der Waals surface area contributed by atoms with Crippen molar-refractivity contribution in [3.63, 3.8) is 0 Å². The molecule has 1 heterocycles. The molecule has 0 aliphatic heterocycles. The van der Waals surface area contributed by atoms with Crippen molar-refractivity contribution in [3.8, 4) is 6.07 Å². The molecule has 0 aliphatic carbocycles. The van der Waals surface area contributed by atoms with Gasteiger partial charge in [0.1, 0.15) is 6.07 Å². The third-order valence-electron chi connectivity index (χ3n) is 2.16. The summed E-state index contributed by atoms with van der Waals surface area (Å²) in [6.45, 7) is 0.610. The number of benzene rings is 1. The molecular weight excluding hydrogens is 240 g/mol. The molecule has 1 N–H and O–H groups in total. The number of nitrogens with one attached hydrogen (secondary N) is 1. The molecule has 0 saturated heterocycles. The molecule has 86 valence electrons. The maximum atomic E-state index is 8.94. The first-order valence-electron chi connectivity index (χ1n) is 4.98. The van der Waals surface area contributed by atoms with Gasteiger partial charge in [-0.25, -0.2) is 0 Å². The second-order valence-corrected chi connectivity index (χ2v) is 3.75. The predicted molar refractivity (Wildman–Crippen MR) is 62.7 cm³/mol. The van der Waals surface area contributed by atoms with Gasteiger partial charge in [-0.05, 0) is 18.2 Å². The lowest BCUT2D eigenvalue weighted by Crippen LogP contribution is -2.06. The van der Waals surface area contributed by atoms with Gasteiger partial charge in [0.05, 0.1) is 11.3 Å². The SMILES string of the molecule is N#Cc1cc(Cl)ccc1NCCc1ncno1. The van der Waals surface area contributed by atoms with Gasteiger partial charge in [-0.1, -0.05) is 16.8 Å². The molecule has 0 atom stereocenters. The summed E-state index contributed by atoms with van der Waals surface area (Å²) in [7, 11) is 0. The van der Waals surface area contributed by atoms with Crippen molar-refractivity contribution in [2.24, 2.45) is 0 Å². The first-order valence-corrected chi connectivity index (χ1v) is 5.36. The third-order valence-corrected chi connectivity index (χ3v) is 2.40. The molecule has 1 aromatic carbocycles. The van der Waals surface area contributed by atoms with Crippen LogP contribution in [0.15, 0.2) is 29.0 Å². The van der Waals surface area contributed by atoms with Gasteiger partial charge in [0.15, 0.2) is 6.33 Å². The molecule has 0 bridgehead atoms. The van der Waals surface area contributed by atoms with E-state index in [1.54, 1.807) is 18.2 Å². The topological polar surface area (TPSA) is 74.7 Å². The van der Waals surface area contributed by atoms with Crippen LogP contribution in [0, 0.1) is 11.3 Å². The average Bonchev–Trinajstić information content (AvgIpc) is 2.84. The fraction of sp³-hybridized carbons (Fsp3) is 0.182. The minimum Gasteiger partial charge on any atom is -0.383 e. The Morgan fingerprint density at radius 2 is 2.35 bits per heavy atom. The van der Waals surface area contributed by atoms with Crippen molar-refractivity contribution in [2.45, 2.75) is 6.42 Å². The summed E-state index contributed by atoms with van der Waals surface area (Å²) < 4.78 is 4.86. The Kier molecular flexibility index (Phi) is 3.58. The molecule has 0 radical (unpaired) electrons.